The molecule has 0 aliphatic heterocycles. The summed E-state index contributed by atoms with van der Waals surface area (Å²) < 4.78 is 12.8. The normalized spacial score (nSPS) is 10.9. The molecule has 0 saturated heterocycles. The Morgan fingerprint density at radius 1 is 1.67 bits per heavy atom. The van der Waals surface area contributed by atoms with E-state index in [1.165, 1.54) is 12.3 Å². The molecule has 0 atom stereocenters. The Morgan fingerprint density at radius 3 is 3.00 bits per heavy atom. The van der Waals surface area contributed by atoms with E-state index < -0.39 is 5.82 Å². The molecule has 1 heterocycles. The summed E-state index contributed by atoms with van der Waals surface area (Å²) in [7, 11) is 0. The summed E-state index contributed by atoms with van der Waals surface area (Å²) in [5, 5.41) is 0.642. The van der Waals surface area contributed by atoms with Gasteiger partial charge in [-0.05, 0) is 11.6 Å². The lowest BCUT2D eigenvalue weighted by molar-refractivity contribution is 0.621. The summed E-state index contributed by atoms with van der Waals surface area (Å²) in [6, 6.07) is 1.34. The first-order valence-corrected chi connectivity index (χ1v) is 4.77. The molecule has 0 unspecified atom stereocenters. The van der Waals surface area contributed by atoms with Crippen LogP contribution in [0, 0.1) is 5.82 Å². The van der Waals surface area contributed by atoms with E-state index in [4.69, 9.17) is 11.6 Å². The summed E-state index contributed by atoms with van der Waals surface area (Å²) in [5.41, 5.74) is 0.705. The first kappa shape index (κ1) is 9.68. The highest BCUT2D eigenvalue weighted by Gasteiger charge is 1.99. The lowest BCUT2D eigenvalue weighted by Crippen LogP contribution is -1.83. The molecule has 0 aliphatic rings. The molecule has 1 aromatic heterocycles. The van der Waals surface area contributed by atoms with Crippen molar-refractivity contribution >= 4 is 33.6 Å². The molecule has 0 amide bonds. The highest BCUT2D eigenvalue weighted by molar-refractivity contribution is 9.09. The SMILES string of the molecule is Fc1cc(C=CCBr)cnc1Cl. The van der Waals surface area contributed by atoms with Gasteiger partial charge in [-0.3, -0.25) is 0 Å². The molecule has 1 nitrogen and oxygen atoms in total. The predicted molar refractivity (Wildman–Crippen MR) is 52.0 cm³/mol. The quantitative estimate of drug-likeness (QED) is 0.580. The van der Waals surface area contributed by atoms with E-state index in [-0.39, 0.29) is 5.15 Å². The van der Waals surface area contributed by atoms with E-state index in [0.29, 0.717) is 5.56 Å². The minimum atomic E-state index is -0.492. The summed E-state index contributed by atoms with van der Waals surface area (Å²) in [5.74, 6) is -0.492. The van der Waals surface area contributed by atoms with Gasteiger partial charge in [-0.25, -0.2) is 9.37 Å². The molecule has 0 aliphatic carbocycles. The van der Waals surface area contributed by atoms with Crippen LogP contribution in [0.15, 0.2) is 18.3 Å². The van der Waals surface area contributed by atoms with Gasteiger partial charge in [-0.2, -0.15) is 0 Å². The summed E-state index contributed by atoms with van der Waals surface area (Å²) in [6.45, 7) is 0. The van der Waals surface area contributed by atoms with Gasteiger partial charge in [0, 0.05) is 11.5 Å². The third-order valence-electron chi connectivity index (χ3n) is 1.22. The molecule has 0 radical (unpaired) electrons. The number of aromatic nitrogens is 1. The predicted octanol–water partition coefficient (Wildman–Crippen LogP) is 3.28. The second-order valence-electron chi connectivity index (χ2n) is 2.10. The van der Waals surface area contributed by atoms with Gasteiger partial charge >= 0.3 is 0 Å². The lowest BCUT2D eigenvalue weighted by atomic mass is 10.2. The summed E-state index contributed by atoms with van der Waals surface area (Å²) in [4.78, 5) is 3.66. The number of allylic oxidation sites excluding steroid dienone is 1. The Labute approximate surface area is 83.4 Å². The maximum atomic E-state index is 12.8. The average molecular weight is 250 g/mol. The van der Waals surface area contributed by atoms with Crippen molar-refractivity contribution < 1.29 is 4.39 Å². The number of alkyl halides is 1. The fourth-order valence-electron chi connectivity index (χ4n) is 0.708. The van der Waals surface area contributed by atoms with Crippen LogP contribution >= 0.6 is 27.5 Å². The molecular weight excluding hydrogens is 244 g/mol. The van der Waals surface area contributed by atoms with Gasteiger partial charge in [0.1, 0.15) is 0 Å². The van der Waals surface area contributed by atoms with Crippen LogP contribution in [0.5, 0.6) is 0 Å². The van der Waals surface area contributed by atoms with Gasteiger partial charge in [0.25, 0.3) is 0 Å². The van der Waals surface area contributed by atoms with E-state index in [9.17, 15) is 4.39 Å². The number of hydrogen-bond donors (Lipinski definition) is 0. The van der Waals surface area contributed by atoms with E-state index in [1.54, 1.807) is 6.08 Å². The molecule has 4 heteroatoms. The monoisotopic (exact) mass is 249 g/mol. The van der Waals surface area contributed by atoms with Gasteiger partial charge in [-0.15, -0.1) is 0 Å². The fraction of sp³-hybridized carbons (Fsp3) is 0.125. The second-order valence-corrected chi connectivity index (χ2v) is 3.10. The van der Waals surface area contributed by atoms with E-state index in [2.05, 4.69) is 20.9 Å². The molecule has 0 fully saturated rings. The zero-order valence-corrected chi connectivity index (χ0v) is 8.44. The van der Waals surface area contributed by atoms with Crippen molar-refractivity contribution in [3.05, 3.63) is 34.9 Å². The van der Waals surface area contributed by atoms with E-state index in [1.807, 2.05) is 6.08 Å². The number of hydrogen-bond acceptors (Lipinski definition) is 1. The Morgan fingerprint density at radius 2 is 2.42 bits per heavy atom. The molecule has 0 spiro atoms. The van der Waals surface area contributed by atoms with Crippen molar-refractivity contribution in [2.24, 2.45) is 0 Å². The lowest BCUT2D eigenvalue weighted by Gasteiger charge is -1.94. The maximum absolute atomic E-state index is 12.8. The van der Waals surface area contributed by atoms with Crippen molar-refractivity contribution in [2.45, 2.75) is 0 Å². The van der Waals surface area contributed by atoms with Gasteiger partial charge in [0.05, 0.1) is 0 Å². The Balaban J connectivity index is 2.89. The van der Waals surface area contributed by atoms with Gasteiger partial charge in [0.2, 0.25) is 0 Å². The first-order valence-electron chi connectivity index (χ1n) is 3.27. The van der Waals surface area contributed by atoms with E-state index >= 15 is 0 Å². The maximum Gasteiger partial charge on any atom is 0.164 e. The molecule has 0 saturated carbocycles. The minimum absolute atomic E-state index is 0.0917. The number of rotatable bonds is 2. The number of halogens is 3. The molecule has 0 bridgehead atoms. The second kappa shape index (κ2) is 4.58. The summed E-state index contributed by atoms with van der Waals surface area (Å²) >= 11 is 8.61. The standard InChI is InChI=1S/C8H6BrClFN/c9-3-1-2-6-4-7(11)8(10)12-5-6/h1-2,4-5H,3H2. The molecule has 64 valence electrons. The summed E-state index contributed by atoms with van der Waals surface area (Å²) in [6.07, 6.45) is 5.14. The zero-order valence-electron chi connectivity index (χ0n) is 6.10. The van der Waals surface area contributed by atoms with Crippen molar-refractivity contribution in [1.29, 1.82) is 0 Å². The van der Waals surface area contributed by atoms with Gasteiger partial charge < -0.3 is 0 Å². The average Bonchev–Trinajstić information content (AvgIpc) is 2.07. The number of pyridine rings is 1. The first-order chi connectivity index (χ1) is 5.74. The van der Waals surface area contributed by atoms with E-state index in [0.717, 1.165) is 5.33 Å². The Kier molecular flexibility index (Phi) is 3.69. The molecule has 0 N–H and O–H groups in total. The zero-order chi connectivity index (χ0) is 8.97. The molecular formula is C8H6BrClFN. The van der Waals surface area contributed by atoms with Crippen molar-refractivity contribution in [2.75, 3.05) is 5.33 Å². The molecule has 0 aromatic carbocycles. The van der Waals surface area contributed by atoms with Crippen LogP contribution < -0.4 is 0 Å². The van der Waals surface area contributed by atoms with Gasteiger partial charge in [-0.1, -0.05) is 39.7 Å². The molecule has 1 aromatic rings. The highest BCUT2D eigenvalue weighted by Crippen LogP contribution is 2.12. The van der Waals surface area contributed by atoms with Crippen LogP contribution in [0.1, 0.15) is 5.56 Å². The third kappa shape index (κ3) is 2.57. The van der Waals surface area contributed by atoms with Crippen molar-refractivity contribution in [1.82, 2.24) is 4.98 Å². The molecule has 12 heavy (non-hydrogen) atoms. The van der Waals surface area contributed by atoms with Gasteiger partial charge in [0.15, 0.2) is 11.0 Å². The Hall–Kier alpha value is -0.410. The number of nitrogens with zero attached hydrogens (tertiary/aromatic N) is 1. The van der Waals surface area contributed by atoms with Crippen LogP contribution in [0.4, 0.5) is 4.39 Å². The minimum Gasteiger partial charge on any atom is -0.241 e. The molecule has 1 rings (SSSR count). The van der Waals surface area contributed by atoms with Crippen molar-refractivity contribution in [3.63, 3.8) is 0 Å². The van der Waals surface area contributed by atoms with Crippen LogP contribution in [-0.2, 0) is 0 Å². The smallest absolute Gasteiger partial charge is 0.164 e. The third-order valence-corrected chi connectivity index (χ3v) is 1.87. The fourth-order valence-corrected chi connectivity index (χ4v) is 0.998. The van der Waals surface area contributed by atoms with Crippen LogP contribution in [0.3, 0.4) is 0 Å². The Bertz CT molecular complexity index is 301. The topological polar surface area (TPSA) is 12.9 Å². The van der Waals surface area contributed by atoms with Crippen LogP contribution in [0.2, 0.25) is 5.15 Å². The highest BCUT2D eigenvalue weighted by atomic mass is 79.9. The largest absolute Gasteiger partial charge is 0.241 e. The van der Waals surface area contributed by atoms with Crippen LogP contribution in [0.25, 0.3) is 6.08 Å². The van der Waals surface area contributed by atoms with Crippen molar-refractivity contribution in [3.8, 4) is 0 Å². The van der Waals surface area contributed by atoms with Crippen LogP contribution in [-0.4, -0.2) is 10.3 Å².